The van der Waals surface area contributed by atoms with Gasteiger partial charge in [-0.3, -0.25) is 14.5 Å². The molecule has 0 radical (unpaired) electrons. The molecular weight excluding hydrogens is 420 g/mol. The van der Waals surface area contributed by atoms with Gasteiger partial charge in [-0.25, -0.2) is 8.78 Å². The fraction of sp³-hybridized carbons (Fsp3) is 0.0833. The molecule has 3 heterocycles. The number of rotatable bonds is 4. The number of para-hydroxylation sites is 1. The van der Waals surface area contributed by atoms with E-state index in [1.807, 2.05) is 0 Å². The molecule has 8 heteroatoms. The van der Waals surface area contributed by atoms with Gasteiger partial charge in [0.2, 0.25) is 5.78 Å². The second-order valence-electron chi connectivity index (χ2n) is 7.36. The lowest BCUT2D eigenvalue weighted by Gasteiger charge is -2.24. The number of benzene rings is 2. The number of fused-ring (bicyclic) bond motifs is 1. The highest BCUT2D eigenvalue weighted by atomic mass is 19.2. The molecule has 0 saturated carbocycles. The van der Waals surface area contributed by atoms with Crippen molar-refractivity contribution in [3.63, 3.8) is 0 Å². The summed E-state index contributed by atoms with van der Waals surface area (Å²) in [6.45, 7) is 1.67. The number of hydrogen-bond acceptors (Lipinski definition) is 5. The third-order valence-corrected chi connectivity index (χ3v) is 5.31. The molecule has 1 N–H and O–H groups in total. The number of hydrogen-bond donors (Lipinski definition) is 1. The zero-order chi connectivity index (χ0) is 22.6. The monoisotopic (exact) mass is 435 g/mol. The maximum atomic E-state index is 13.9. The highest BCUT2D eigenvalue weighted by molar-refractivity contribution is 6.20. The molecule has 1 atom stereocenters. The summed E-state index contributed by atoms with van der Waals surface area (Å²) in [5.74, 6) is -4.18. The first-order valence-electron chi connectivity index (χ1n) is 9.66. The Morgan fingerprint density at radius 1 is 1.00 bits per heavy atom. The van der Waals surface area contributed by atoms with Crippen molar-refractivity contribution < 1.29 is 32.3 Å². The van der Waals surface area contributed by atoms with Gasteiger partial charge < -0.3 is 13.9 Å². The van der Waals surface area contributed by atoms with Crippen LogP contribution in [0.1, 0.15) is 28.1 Å². The first-order valence-corrected chi connectivity index (χ1v) is 9.66. The van der Waals surface area contributed by atoms with Crippen LogP contribution in [0.2, 0.25) is 0 Å². The molecule has 1 aliphatic rings. The number of Topliss-reactive ketones (excluding diaryl/α,β-unsaturated/α-hetero) is 1. The highest BCUT2D eigenvalue weighted by Crippen LogP contribution is 2.43. The molecule has 1 unspecified atom stereocenters. The highest BCUT2D eigenvalue weighted by Gasteiger charge is 2.47. The zero-order valence-electron chi connectivity index (χ0n) is 16.6. The van der Waals surface area contributed by atoms with E-state index in [0.29, 0.717) is 16.7 Å². The molecule has 0 bridgehead atoms. The van der Waals surface area contributed by atoms with Gasteiger partial charge >= 0.3 is 0 Å². The average molecular weight is 435 g/mol. The Morgan fingerprint density at radius 2 is 1.78 bits per heavy atom. The topological polar surface area (TPSA) is 83.9 Å². The van der Waals surface area contributed by atoms with E-state index >= 15 is 0 Å². The molecule has 2 aromatic carbocycles. The number of ketones is 1. The van der Waals surface area contributed by atoms with Crippen LogP contribution in [0, 0.1) is 18.6 Å². The van der Waals surface area contributed by atoms with Gasteiger partial charge in [-0.1, -0.05) is 18.2 Å². The van der Waals surface area contributed by atoms with E-state index in [1.54, 1.807) is 43.3 Å². The summed E-state index contributed by atoms with van der Waals surface area (Å²) in [5, 5.41) is 11.3. The first kappa shape index (κ1) is 19.7. The molecule has 0 aliphatic carbocycles. The summed E-state index contributed by atoms with van der Waals surface area (Å²) < 4.78 is 38.7. The minimum atomic E-state index is -1.21. The summed E-state index contributed by atoms with van der Waals surface area (Å²) in [6, 6.07) is 13.3. The summed E-state index contributed by atoms with van der Waals surface area (Å²) in [6.07, 6.45) is 0. The second-order valence-corrected chi connectivity index (χ2v) is 7.36. The Morgan fingerprint density at radius 3 is 2.47 bits per heavy atom. The van der Waals surface area contributed by atoms with Crippen LogP contribution in [0.4, 0.5) is 14.5 Å². The molecule has 160 valence electrons. The van der Waals surface area contributed by atoms with Gasteiger partial charge in [0.1, 0.15) is 23.1 Å². The van der Waals surface area contributed by atoms with E-state index in [9.17, 15) is 23.5 Å². The predicted molar refractivity (Wildman–Crippen MR) is 110 cm³/mol. The van der Waals surface area contributed by atoms with Crippen LogP contribution in [0.3, 0.4) is 0 Å². The molecule has 4 aromatic rings. The van der Waals surface area contributed by atoms with Crippen LogP contribution in [-0.2, 0) is 4.79 Å². The van der Waals surface area contributed by atoms with Gasteiger partial charge in [0, 0.05) is 17.1 Å². The molecule has 5 rings (SSSR count). The number of aliphatic hydroxyl groups is 1. The molecule has 1 aliphatic heterocycles. The average Bonchev–Trinajstić information content (AvgIpc) is 3.46. The Bertz CT molecular complexity index is 1400. The molecule has 0 saturated heterocycles. The van der Waals surface area contributed by atoms with Crippen molar-refractivity contribution in [2.75, 3.05) is 4.90 Å². The lowest BCUT2D eigenvalue weighted by Crippen LogP contribution is -2.31. The summed E-state index contributed by atoms with van der Waals surface area (Å²) in [4.78, 5) is 27.4. The van der Waals surface area contributed by atoms with Crippen LogP contribution in [0.5, 0.6) is 0 Å². The minimum absolute atomic E-state index is 0.0492. The molecule has 32 heavy (non-hydrogen) atoms. The quantitative estimate of drug-likeness (QED) is 0.434. The van der Waals surface area contributed by atoms with Gasteiger partial charge in [0.05, 0.1) is 5.57 Å². The Hall–Kier alpha value is -4.20. The number of aryl methyl sites for hydroxylation is 1. The SMILES string of the molecule is Cc1ccc(C2C(C(=O)c3cc4ccccc4o3)=C(O)C(=O)N2c2ccc(F)c(F)c2)o1. The van der Waals surface area contributed by atoms with E-state index < -0.39 is 35.1 Å². The van der Waals surface area contributed by atoms with Crippen molar-refractivity contribution in [1.82, 2.24) is 0 Å². The third-order valence-electron chi connectivity index (χ3n) is 5.31. The van der Waals surface area contributed by atoms with E-state index in [4.69, 9.17) is 8.83 Å². The summed E-state index contributed by atoms with van der Waals surface area (Å²) in [5.41, 5.74) is 0.128. The van der Waals surface area contributed by atoms with E-state index in [-0.39, 0.29) is 22.8 Å². The number of nitrogens with zero attached hydrogens (tertiary/aromatic N) is 1. The van der Waals surface area contributed by atoms with Gasteiger partial charge in [0.15, 0.2) is 23.2 Å². The number of aliphatic hydroxyl groups excluding tert-OH is 1. The van der Waals surface area contributed by atoms with E-state index in [0.717, 1.165) is 17.0 Å². The van der Waals surface area contributed by atoms with E-state index in [2.05, 4.69) is 0 Å². The number of anilines is 1. The van der Waals surface area contributed by atoms with Crippen LogP contribution in [0.25, 0.3) is 11.0 Å². The zero-order valence-corrected chi connectivity index (χ0v) is 16.6. The van der Waals surface area contributed by atoms with Crippen LogP contribution >= 0.6 is 0 Å². The maximum absolute atomic E-state index is 13.9. The molecular formula is C24H15F2NO5. The summed E-state index contributed by atoms with van der Waals surface area (Å²) in [7, 11) is 0. The van der Waals surface area contributed by atoms with Crippen LogP contribution < -0.4 is 4.90 Å². The van der Waals surface area contributed by atoms with Crippen molar-refractivity contribution in [1.29, 1.82) is 0 Å². The van der Waals surface area contributed by atoms with Crippen molar-refractivity contribution in [3.8, 4) is 0 Å². The predicted octanol–water partition coefficient (Wildman–Crippen LogP) is 5.40. The normalized spacial score (nSPS) is 16.4. The molecule has 6 nitrogen and oxygen atoms in total. The van der Waals surface area contributed by atoms with Gasteiger partial charge in [-0.05, 0) is 43.3 Å². The first-order chi connectivity index (χ1) is 15.3. The van der Waals surface area contributed by atoms with Gasteiger partial charge in [-0.2, -0.15) is 0 Å². The van der Waals surface area contributed by atoms with Crippen LogP contribution in [-0.4, -0.2) is 16.8 Å². The lowest BCUT2D eigenvalue weighted by molar-refractivity contribution is -0.117. The Balaban J connectivity index is 1.66. The number of halogens is 2. The van der Waals surface area contributed by atoms with Crippen molar-refractivity contribution in [2.45, 2.75) is 13.0 Å². The largest absolute Gasteiger partial charge is 0.503 e. The van der Waals surface area contributed by atoms with Crippen LogP contribution in [0.15, 0.2) is 80.8 Å². The number of carbonyl (C=O) groups excluding carboxylic acids is 2. The van der Waals surface area contributed by atoms with Crippen molar-refractivity contribution in [2.24, 2.45) is 0 Å². The molecule has 0 fully saturated rings. The second kappa shape index (κ2) is 7.19. The van der Waals surface area contributed by atoms with Gasteiger partial charge in [0.25, 0.3) is 5.91 Å². The Kier molecular flexibility index (Phi) is 4.44. The fourth-order valence-electron chi connectivity index (χ4n) is 3.83. The molecule has 0 spiro atoms. The number of amides is 1. The maximum Gasteiger partial charge on any atom is 0.294 e. The standard InChI is InChI=1S/C24H15F2NO5/c1-12-6-9-18(31-12)21-20(22(28)19-10-13-4-2-3-5-17(13)32-19)23(29)24(30)27(21)14-7-8-15(25)16(26)11-14/h2-11,21,29H,1H3. The lowest BCUT2D eigenvalue weighted by atomic mass is 9.99. The third kappa shape index (κ3) is 2.99. The molecule has 1 amide bonds. The van der Waals surface area contributed by atoms with Crippen molar-refractivity contribution >= 4 is 28.3 Å². The van der Waals surface area contributed by atoms with E-state index in [1.165, 1.54) is 12.1 Å². The molecule has 2 aromatic heterocycles. The van der Waals surface area contributed by atoms with Crippen molar-refractivity contribution in [3.05, 3.63) is 101 Å². The number of carbonyl (C=O) groups is 2. The summed E-state index contributed by atoms with van der Waals surface area (Å²) >= 11 is 0. The minimum Gasteiger partial charge on any atom is -0.503 e. The number of furan rings is 2. The smallest absolute Gasteiger partial charge is 0.294 e. The Labute approximate surface area is 180 Å². The fourth-order valence-corrected chi connectivity index (χ4v) is 3.83. The van der Waals surface area contributed by atoms with Gasteiger partial charge in [-0.15, -0.1) is 0 Å².